The Bertz CT molecular complexity index is 205. The van der Waals surface area contributed by atoms with Gasteiger partial charge in [-0.3, -0.25) is 9.59 Å². The van der Waals surface area contributed by atoms with Crippen LogP contribution in [0, 0.1) is 0 Å². The van der Waals surface area contributed by atoms with Crippen molar-refractivity contribution in [3.05, 3.63) is 12.2 Å². The van der Waals surface area contributed by atoms with Gasteiger partial charge in [0, 0.05) is 5.57 Å². The summed E-state index contributed by atoms with van der Waals surface area (Å²) in [6, 6.07) is 0. The highest BCUT2D eigenvalue weighted by Gasteiger charge is 2.01. The molecule has 0 fully saturated rings. The number of aliphatic carboxylic acids is 3. The fourth-order valence-corrected chi connectivity index (χ4v) is 0.129. The Labute approximate surface area is 74.1 Å². The molecule has 0 aromatic carbocycles. The molecular weight excluding hydrogens is 180 g/mol. The van der Waals surface area contributed by atoms with Crippen molar-refractivity contribution < 1.29 is 29.7 Å². The normalized spacial score (nSPS) is 7.77. The van der Waals surface area contributed by atoms with Crippen molar-refractivity contribution in [2.75, 3.05) is 0 Å². The molecule has 0 aliphatic heterocycles. The first-order chi connectivity index (χ1) is 5.77. The second kappa shape index (κ2) is 6.84. The minimum atomic E-state index is -1.31. The molecule has 13 heavy (non-hydrogen) atoms. The maximum Gasteiger partial charge on any atom is 0.330 e. The molecule has 0 aliphatic rings. The topological polar surface area (TPSA) is 112 Å². The van der Waals surface area contributed by atoms with Crippen LogP contribution >= 0.6 is 0 Å². The van der Waals surface area contributed by atoms with Gasteiger partial charge in [0.2, 0.25) is 0 Å². The maximum atomic E-state index is 9.60. The molecule has 0 aromatic heterocycles. The van der Waals surface area contributed by atoms with Crippen LogP contribution in [0.25, 0.3) is 0 Å². The molecule has 0 saturated carbocycles. The summed E-state index contributed by atoms with van der Waals surface area (Å²) in [5, 5.41) is 23.3. The van der Waals surface area contributed by atoms with E-state index in [-0.39, 0.29) is 5.57 Å². The molecule has 3 N–H and O–H groups in total. The van der Waals surface area contributed by atoms with E-state index in [2.05, 4.69) is 6.58 Å². The smallest absolute Gasteiger partial charge is 0.330 e. The third-order valence-electron chi connectivity index (χ3n) is 0.668. The van der Waals surface area contributed by atoms with Crippen molar-refractivity contribution in [1.82, 2.24) is 0 Å². The molecule has 6 nitrogen and oxygen atoms in total. The lowest BCUT2D eigenvalue weighted by Crippen LogP contribution is -2.03. The van der Waals surface area contributed by atoms with E-state index in [4.69, 9.17) is 15.3 Å². The molecule has 0 unspecified atom stereocenters. The third-order valence-corrected chi connectivity index (χ3v) is 0.668. The summed E-state index contributed by atoms with van der Waals surface area (Å²) in [5.74, 6) is -3.56. The van der Waals surface area contributed by atoms with Crippen molar-refractivity contribution in [2.24, 2.45) is 0 Å². The highest BCUT2D eigenvalue weighted by Crippen LogP contribution is 1.81. The number of hydrogen-bond acceptors (Lipinski definition) is 3. The van der Waals surface area contributed by atoms with Crippen LogP contribution in [-0.4, -0.2) is 33.2 Å². The van der Waals surface area contributed by atoms with Gasteiger partial charge < -0.3 is 15.3 Å². The predicted molar refractivity (Wildman–Crippen MR) is 42.3 cm³/mol. The van der Waals surface area contributed by atoms with Crippen molar-refractivity contribution in [3.8, 4) is 0 Å². The van der Waals surface area contributed by atoms with Gasteiger partial charge in [-0.25, -0.2) is 4.79 Å². The van der Waals surface area contributed by atoms with Crippen LogP contribution in [0.3, 0.4) is 0 Å². The number of hydrogen-bond donors (Lipinski definition) is 3. The average Bonchev–Trinajstić information content (AvgIpc) is 1.84. The van der Waals surface area contributed by atoms with E-state index >= 15 is 0 Å². The third kappa shape index (κ3) is 17.8. The van der Waals surface area contributed by atoms with Gasteiger partial charge in [0.15, 0.2) is 0 Å². The van der Waals surface area contributed by atoms with E-state index in [0.717, 1.165) is 0 Å². The van der Waals surface area contributed by atoms with Crippen molar-refractivity contribution >= 4 is 17.9 Å². The Hall–Kier alpha value is -1.85. The molecule has 0 spiro atoms. The lowest BCUT2D eigenvalue weighted by molar-refractivity contribution is -0.147. The van der Waals surface area contributed by atoms with Gasteiger partial charge >= 0.3 is 17.9 Å². The van der Waals surface area contributed by atoms with Crippen molar-refractivity contribution in [1.29, 1.82) is 0 Å². The highest BCUT2D eigenvalue weighted by atomic mass is 16.4. The second-order valence-corrected chi connectivity index (χ2v) is 2.05. The van der Waals surface area contributed by atoms with E-state index in [0.29, 0.717) is 0 Å². The average molecular weight is 190 g/mol. The van der Waals surface area contributed by atoms with E-state index in [9.17, 15) is 14.4 Å². The first-order valence-electron chi connectivity index (χ1n) is 3.09. The van der Waals surface area contributed by atoms with Gasteiger partial charge in [-0.2, -0.15) is 0 Å². The van der Waals surface area contributed by atoms with Gasteiger partial charge in [0.25, 0.3) is 0 Å². The van der Waals surface area contributed by atoms with E-state index in [1.54, 1.807) is 0 Å². The van der Waals surface area contributed by atoms with E-state index in [1.807, 2.05) is 0 Å². The van der Waals surface area contributed by atoms with Gasteiger partial charge in [-0.15, -0.1) is 0 Å². The van der Waals surface area contributed by atoms with Gasteiger partial charge in [-0.1, -0.05) is 6.58 Å². The Morgan fingerprint density at radius 3 is 1.31 bits per heavy atom. The Kier molecular flexibility index (Phi) is 7.21. The van der Waals surface area contributed by atoms with Gasteiger partial charge in [0.1, 0.15) is 6.42 Å². The van der Waals surface area contributed by atoms with Crippen LogP contribution in [0.15, 0.2) is 12.2 Å². The summed E-state index contributed by atoms with van der Waals surface area (Å²) >= 11 is 0. The Balaban J connectivity index is 0. The summed E-state index contributed by atoms with van der Waals surface area (Å²) in [6.45, 7) is 4.60. The van der Waals surface area contributed by atoms with Crippen LogP contribution in [0.2, 0.25) is 0 Å². The minimum absolute atomic E-state index is 0.176. The summed E-state index contributed by atoms with van der Waals surface area (Å²) in [4.78, 5) is 28.5. The molecule has 0 heterocycles. The lowest BCUT2D eigenvalue weighted by atomic mass is 10.4. The summed E-state index contributed by atoms with van der Waals surface area (Å²) in [6.07, 6.45) is -0.806. The molecule has 0 atom stereocenters. The first-order valence-corrected chi connectivity index (χ1v) is 3.09. The van der Waals surface area contributed by atoms with Gasteiger partial charge in [-0.05, 0) is 6.92 Å². The molecular formula is C7H10O6. The second-order valence-electron chi connectivity index (χ2n) is 2.05. The molecule has 74 valence electrons. The van der Waals surface area contributed by atoms with Crippen LogP contribution in [0.1, 0.15) is 13.3 Å². The number of carboxylic acid groups (broad SMARTS) is 3. The molecule has 0 radical (unpaired) electrons. The molecule has 6 heteroatoms. The standard InChI is InChI=1S/C4H6O2.C3H4O4/c1-3(2)4(5)6;4-2(5)1-3(6)7/h1H2,2H3,(H,5,6);1H2,(H,4,5)(H,6,7). The van der Waals surface area contributed by atoms with Crippen LogP contribution in [0.5, 0.6) is 0 Å². The van der Waals surface area contributed by atoms with Crippen molar-refractivity contribution in [3.63, 3.8) is 0 Å². The number of rotatable bonds is 3. The van der Waals surface area contributed by atoms with Gasteiger partial charge in [0.05, 0.1) is 0 Å². The van der Waals surface area contributed by atoms with E-state index < -0.39 is 24.3 Å². The maximum absolute atomic E-state index is 9.60. The number of carbonyl (C=O) groups is 3. The highest BCUT2D eigenvalue weighted by molar-refractivity contribution is 5.88. The molecule has 0 rings (SSSR count). The quantitative estimate of drug-likeness (QED) is 0.432. The van der Waals surface area contributed by atoms with Crippen molar-refractivity contribution in [2.45, 2.75) is 13.3 Å². The molecule has 0 bridgehead atoms. The summed E-state index contributed by atoms with van der Waals surface area (Å²) in [7, 11) is 0. The Morgan fingerprint density at radius 2 is 1.31 bits per heavy atom. The fraction of sp³-hybridized carbons (Fsp3) is 0.286. The zero-order valence-electron chi connectivity index (χ0n) is 6.98. The molecule has 0 amide bonds. The largest absolute Gasteiger partial charge is 0.481 e. The monoisotopic (exact) mass is 190 g/mol. The Morgan fingerprint density at radius 1 is 1.08 bits per heavy atom. The minimum Gasteiger partial charge on any atom is -0.481 e. The fourth-order valence-electron chi connectivity index (χ4n) is 0.129. The van der Waals surface area contributed by atoms with Crippen LogP contribution in [0.4, 0.5) is 0 Å². The number of carboxylic acids is 3. The zero-order valence-corrected chi connectivity index (χ0v) is 6.98. The van der Waals surface area contributed by atoms with Crippen LogP contribution in [-0.2, 0) is 14.4 Å². The van der Waals surface area contributed by atoms with E-state index in [1.165, 1.54) is 6.92 Å². The summed E-state index contributed by atoms with van der Waals surface area (Å²) < 4.78 is 0. The zero-order chi connectivity index (χ0) is 11.0. The predicted octanol–water partition coefficient (Wildman–Crippen LogP) is 0.193. The molecule has 0 aromatic rings. The first kappa shape index (κ1) is 13.7. The molecule has 0 aliphatic carbocycles. The SMILES string of the molecule is C=C(C)C(=O)O.O=C(O)CC(=O)O. The van der Waals surface area contributed by atoms with Crippen LogP contribution < -0.4 is 0 Å². The lowest BCUT2D eigenvalue weighted by Gasteiger charge is -1.80. The summed E-state index contributed by atoms with van der Waals surface area (Å²) in [5.41, 5.74) is 0.176. The molecule has 0 saturated heterocycles.